The van der Waals surface area contributed by atoms with Crippen LogP contribution in [0.4, 0.5) is 0 Å². The smallest absolute Gasteiger partial charge is 0.780 e. The van der Waals surface area contributed by atoms with E-state index in [2.05, 4.69) is 13.6 Å². The van der Waals surface area contributed by atoms with Gasteiger partial charge in [0.2, 0.25) is 0 Å². The molecule has 0 aliphatic rings. The van der Waals surface area contributed by atoms with Crippen molar-refractivity contribution in [2.75, 3.05) is 0 Å². The summed E-state index contributed by atoms with van der Waals surface area (Å²) in [5.41, 5.74) is 1.85. The van der Waals surface area contributed by atoms with Crippen LogP contribution >= 0.6 is 23.5 Å². The number of benzene rings is 3. The maximum absolute atomic E-state index is 10.2. The van der Waals surface area contributed by atoms with Crippen molar-refractivity contribution in [2.45, 2.75) is 20.8 Å². The van der Waals surface area contributed by atoms with Crippen molar-refractivity contribution in [1.82, 2.24) is 0 Å². The molecule has 0 aliphatic heterocycles. The van der Waals surface area contributed by atoms with Crippen LogP contribution in [0.15, 0.2) is 72.8 Å². The van der Waals surface area contributed by atoms with Gasteiger partial charge in [0.15, 0.2) is 0 Å². The summed E-state index contributed by atoms with van der Waals surface area (Å²) in [5, 5.41) is 0. The second-order valence-corrected chi connectivity index (χ2v) is 10.1. The first-order valence-electron chi connectivity index (χ1n) is 9.79. The molecule has 198 valence electrons. The van der Waals surface area contributed by atoms with Crippen LogP contribution in [0.5, 0.6) is 17.2 Å². The zero-order chi connectivity index (χ0) is 27.6. The average molecular weight is 679 g/mol. The number of rotatable bonds is 6. The average Bonchev–Trinajstić information content (AvgIpc) is 2.71. The minimum absolute atomic E-state index is 0. The normalized spacial score (nSPS) is 10.4. The fourth-order valence-electron chi connectivity index (χ4n) is 2.34. The molecule has 0 unspecified atom stereocenters. The maximum Gasteiger partial charge on any atom is 2.00 e. The molecule has 0 radical (unpaired) electrons. The van der Waals surface area contributed by atoms with Crippen LogP contribution in [0.2, 0.25) is 0 Å². The summed E-state index contributed by atoms with van der Waals surface area (Å²) < 4.78 is 43.1. The van der Waals surface area contributed by atoms with Gasteiger partial charge in [0.1, 0.15) is 40.7 Å². The molecule has 0 saturated carbocycles. The Bertz CT molecular complexity index is 1120. The first-order valence-corrected chi connectivity index (χ1v) is 14.2. The van der Waals surface area contributed by atoms with Crippen LogP contribution in [0.1, 0.15) is 16.7 Å². The number of para-hydroxylation sites is 3. The van der Waals surface area contributed by atoms with E-state index in [-0.39, 0.29) is 130 Å². The van der Waals surface area contributed by atoms with Gasteiger partial charge in [-0.2, -0.15) is 0 Å². The van der Waals surface area contributed by atoms with Crippen molar-refractivity contribution >= 4 is 137 Å². The van der Waals surface area contributed by atoms with Crippen LogP contribution < -0.4 is 42.9 Å². The Morgan fingerprint density at radius 3 is 0.769 bits per heavy atom. The maximum atomic E-state index is 10.2. The molecule has 18 heteroatoms. The SMILES string of the molecule is Cc1ccccc1OP(=O)([O-])[O-].Cc1ccccc1OP(=O)([O-])[O-].Cc1ccccc1OP(=O)([O-])[O-].[Ca+2].[Ca+2].[Ca+2]. The minimum Gasteiger partial charge on any atom is -0.780 e. The summed E-state index contributed by atoms with van der Waals surface area (Å²) in [6, 6.07) is 19.2. The van der Waals surface area contributed by atoms with E-state index in [0.717, 1.165) is 0 Å². The van der Waals surface area contributed by atoms with Crippen LogP contribution in [-0.2, 0) is 13.7 Å². The second-order valence-electron chi connectivity index (χ2n) is 6.91. The summed E-state index contributed by atoms with van der Waals surface area (Å²) >= 11 is 0. The molecule has 0 bridgehead atoms. The zero-order valence-electron chi connectivity index (χ0n) is 21.3. The first kappa shape index (κ1) is 44.7. The molecule has 0 amide bonds. The largest absolute Gasteiger partial charge is 2.00 e. The van der Waals surface area contributed by atoms with Crippen LogP contribution in [0, 0.1) is 20.8 Å². The molecular weight excluding hydrogens is 657 g/mol. The van der Waals surface area contributed by atoms with Gasteiger partial charge in [0.05, 0.1) is 0 Å². The van der Waals surface area contributed by atoms with Gasteiger partial charge in [-0.15, -0.1) is 0 Å². The van der Waals surface area contributed by atoms with Crippen LogP contribution in [0.3, 0.4) is 0 Å². The second kappa shape index (κ2) is 21.1. The third-order valence-electron chi connectivity index (χ3n) is 3.91. The van der Waals surface area contributed by atoms with Gasteiger partial charge in [-0.1, -0.05) is 54.6 Å². The van der Waals surface area contributed by atoms with Crippen molar-refractivity contribution in [3.63, 3.8) is 0 Å². The number of hydrogen-bond acceptors (Lipinski definition) is 12. The Morgan fingerprint density at radius 2 is 0.615 bits per heavy atom. The monoisotopic (exact) mass is 678 g/mol. The van der Waals surface area contributed by atoms with Crippen molar-refractivity contribution in [2.24, 2.45) is 0 Å². The molecular formula is C21H21Ca3O12P3. The predicted octanol–water partition coefficient (Wildman–Crippen LogP) is -0.535. The number of phosphoric ester groups is 3. The topological polar surface area (TPSA) is 217 Å². The molecule has 3 aromatic rings. The Morgan fingerprint density at radius 1 is 0.436 bits per heavy atom. The molecule has 3 aromatic carbocycles. The fraction of sp³-hybridized carbons (Fsp3) is 0.143. The summed E-state index contributed by atoms with van der Waals surface area (Å²) in [6.45, 7) is 4.97. The number of hydrogen-bond donors (Lipinski definition) is 0. The minimum atomic E-state index is -4.91. The molecule has 0 heterocycles. The van der Waals surface area contributed by atoms with E-state index in [1.54, 1.807) is 75.4 Å². The van der Waals surface area contributed by atoms with Crippen molar-refractivity contribution < 1.29 is 56.6 Å². The molecule has 0 aliphatic carbocycles. The summed E-state index contributed by atoms with van der Waals surface area (Å²) in [5.74, 6) is 0.266. The molecule has 0 saturated heterocycles. The molecule has 39 heavy (non-hydrogen) atoms. The number of aryl methyl sites for hydroxylation is 3. The van der Waals surface area contributed by atoms with Crippen molar-refractivity contribution in [3.05, 3.63) is 89.5 Å². The van der Waals surface area contributed by atoms with Gasteiger partial charge in [-0.05, 0) is 55.7 Å². The summed E-state index contributed by atoms with van der Waals surface area (Å²) in [4.78, 5) is 61.2. The number of phosphoric acid groups is 3. The van der Waals surface area contributed by atoms with E-state index < -0.39 is 23.5 Å². The quantitative estimate of drug-likeness (QED) is 0.237. The Labute approximate surface area is 316 Å². The van der Waals surface area contributed by atoms with Gasteiger partial charge in [0.25, 0.3) is 0 Å². The van der Waals surface area contributed by atoms with Crippen molar-refractivity contribution in [3.8, 4) is 17.2 Å². The third kappa shape index (κ3) is 22.5. The predicted molar refractivity (Wildman–Crippen MR) is 136 cm³/mol. The first-order chi connectivity index (χ1) is 16.5. The Kier molecular flexibility index (Phi) is 24.2. The van der Waals surface area contributed by atoms with E-state index in [4.69, 9.17) is 0 Å². The van der Waals surface area contributed by atoms with E-state index in [1.165, 1.54) is 18.2 Å². The zero-order valence-corrected chi connectivity index (χ0v) is 30.6. The van der Waals surface area contributed by atoms with E-state index in [9.17, 15) is 43.1 Å². The fourth-order valence-corrected chi connectivity index (χ4v) is 3.68. The molecule has 0 atom stereocenters. The van der Waals surface area contributed by atoms with Crippen LogP contribution in [-0.4, -0.2) is 113 Å². The van der Waals surface area contributed by atoms with Crippen molar-refractivity contribution in [1.29, 1.82) is 0 Å². The van der Waals surface area contributed by atoms with Gasteiger partial charge in [-0.3, -0.25) is 0 Å². The van der Waals surface area contributed by atoms with E-state index >= 15 is 0 Å². The standard InChI is InChI=1S/3C7H9O4P.3Ca/c3*1-6-4-2-3-5-7(6)11-12(8,9)10;;;/h3*2-5H,1H3,(H2,8,9,10);;;/q;;;3*+2/p-6. The van der Waals surface area contributed by atoms with Gasteiger partial charge in [0, 0.05) is 0 Å². The van der Waals surface area contributed by atoms with Gasteiger partial charge < -0.3 is 56.6 Å². The molecule has 12 nitrogen and oxygen atoms in total. The van der Waals surface area contributed by atoms with Gasteiger partial charge in [-0.25, -0.2) is 0 Å². The Balaban J connectivity index is -0.000000480. The van der Waals surface area contributed by atoms with Crippen LogP contribution in [0.25, 0.3) is 0 Å². The molecule has 3 rings (SSSR count). The Hall–Kier alpha value is 1.29. The van der Waals surface area contributed by atoms with Gasteiger partial charge >= 0.3 is 113 Å². The third-order valence-corrected chi connectivity index (χ3v) is 5.17. The summed E-state index contributed by atoms with van der Waals surface area (Å²) in [7, 11) is -14.7. The molecule has 0 fully saturated rings. The summed E-state index contributed by atoms with van der Waals surface area (Å²) in [6.07, 6.45) is 0. The van der Waals surface area contributed by atoms with E-state index in [1.807, 2.05) is 0 Å². The molecule has 0 N–H and O–H groups in total. The van der Waals surface area contributed by atoms with E-state index in [0.29, 0.717) is 16.7 Å². The molecule has 0 aromatic heterocycles. The molecule has 0 spiro atoms.